The van der Waals surface area contributed by atoms with Gasteiger partial charge in [0, 0.05) is 34.1 Å². The molecular weight excluding hydrogens is 478 g/mol. The van der Waals surface area contributed by atoms with Crippen LogP contribution >= 0.6 is 0 Å². The van der Waals surface area contributed by atoms with Crippen molar-refractivity contribution in [2.24, 2.45) is 0 Å². The summed E-state index contributed by atoms with van der Waals surface area (Å²) in [5.41, 5.74) is 0. The Labute approximate surface area is 192 Å². The molecule has 0 aliphatic heterocycles. The average Bonchev–Trinajstić information content (AvgIpc) is 2.84. The van der Waals surface area contributed by atoms with E-state index in [4.69, 9.17) is 142 Å². The molecule has 0 bridgehead atoms. The Balaban J connectivity index is -0.00000000443. The van der Waals surface area contributed by atoms with E-state index < -0.39 is 0 Å². The third kappa shape index (κ3) is 389. The van der Waals surface area contributed by atoms with Crippen molar-refractivity contribution in [2.45, 2.75) is 0 Å². The van der Waals surface area contributed by atoms with Crippen molar-refractivity contribution in [1.29, 1.82) is 63.1 Å². The fraction of sp³-hybridized carbons (Fsp3) is 0. The molecule has 140 valence electrons. The molecule has 15 heteroatoms. The van der Waals surface area contributed by atoms with Crippen LogP contribution in [0.25, 0.3) is 0 Å². The zero-order valence-corrected chi connectivity index (χ0v) is 15.9. The van der Waals surface area contributed by atoms with Gasteiger partial charge < -0.3 is 142 Å². The third-order valence-electron chi connectivity index (χ3n) is 0. The molecule has 0 saturated heterocycles. The molecule has 0 atom stereocenters. The number of hydrogen-bond donors (Lipinski definition) is 0. The van der Waals surface area contributed by atoms with Crippen LogP contribution < -0.4 is 0 Å². The van der Waals surface area contributed by atoms with Crippen LogP contribution in [0, 0.1) is 142 Å². The molecule has 0 aliphatic rings. The van der Waals surface area contributed by atoms with Crippen molar-refractivity contribution in [3.63, 3.8) is 0 Å². The monoisotopic (exact) mass is 478 g/mol. The van der Waals surface area contributed by atoms with Crippen molar-refractivity contribution >= 4 is 0 Å². The van der Waals surface area contributed by atoms with Crippen LogP contribution in [0.5, 0.6) is 0 Å². The standard InChI is InChI=1S/12CN.Fe.2Mn/c12*1-2;;;/q12*-1;+2;;. The van der Waals surface area contributed by atoms with Gasteiger partial charge in [-0.15, -0.1) is 0 Å². The SMILES string of the molecule is [C-]#N.[C-]#N.[C-]#N.[C-]#N.[C-]#N.[C-]#N.[C-]#N.[C-]#N.[C-]#N.[C-]#N.[C-]#N.[C-]#N.[Fe+2].[Mn].[Mn]. The van der Waals surface area contributed by atoms with E-state index in [2.05, 4.69) is 0 Å². The van der Waals surface area contributed by atoms with Crippen LogP contribution in [0.3, 0.4) is 0 Å². The third-order valence-corrected chi connectivity index (χ3v) is 0. The van der Waals surface area contributed by atoms with Crippen molar-refractivity contribution in [3.05, 3.63) is 78.9 Å². The van der Waals surface area contributed by atoms with E-state index in [1.54, 1.807) is 0 Å². The molecule has 12 nitrogen and oxygen atoms in total. The summed E-state index contributed by atoms with van der Waals surface area (Å²) < 4.78 is 0. The summed E-state index contributed by atoms with van der Waals surface area (Å²) in [7, 11) is 0. The van der Waals surface area contributed by atoms with Gasteiger partial charge in [0.25, 0.3) is 0 Å². The van der Waals surface area contributed by atoms with Crippen molar-refractivity contribution in [1.82, 2.24) is 0 Å². The minimum Gasteiger partial charge on any atom is -0.512 e. The molecule has 0 aliphatic carbocycles. The van der Waals surface area contributed by atoms with Crippen LogP contribution in [0.15, 0.2) is 0 Å². The van der Waals surface area contributed by atoms with Gasteiger partial charge in [0.2, 0.25) is 0 Å². The molecule has 0 aromatic carbocycles. The van der Waals surface area contributed by atoms with Crippen molar-refractivity contribution in [2.75, 3.05) is 0 Å². The van der Waals surface area contributed by atoms with Gasteiger partial charge in [-0.25, -0.2) is 0 Å². The maximum atomic E-state index is 6.25. The molecule has 0 unspecified atom stereocenters. The van der Waals surface area contributed by atoms with Crippen LogP contribution in [0.4, 0.5) is 0 Å². The zero-order chi connectivity index (χ0) is 24.0. The normalized spacial score (nSPS) is 0.889. The van der Waals surface area contributed by atoms with Gasteiger partial charge in [0.15, 0.2) is 0 Å². The van der Waals surface area contributed by atoms with Gasteiger partial charge in [-0.2, -0.15) is 0 Å². The van der Waals surface area contributed by atoms with Crippen LogP contribution in [0.2, 0.25) is 0 Å². The summed E-state index contributed by atoms with van der Waals surface area (Å²) in [6.45, 7) is 57.0. The summed E-state index contributed by atoms with van der Waals surface area (Å²) in [5, 5.41) is 75.0. The van der Waals surface area contributed by atoms with E-state index in [-0.39, 0.29) is 51.2 Å². The topological polar surface area (TPSA) is 285 Å². The molecule has 0 fully saturated rings. The van der Waals surface area contributed by atoms with Gasteiger partial charge >= 0.3 is 17.1 Å². The van der Waals surface area contributed by atoms with Gasteiger partial charge in [-0.1, -0.05) is 0 Å². The maximum Gasteiger partial charge on any atom is 2.00 e. The van der Waals surface area contributed by atoms with E-state index in [9.17, 15) is 0 Å². The Hall–Kier alpha value is -4.56. The zero-order valence-electron chi connectivity index (χ0n) is 12.5. The number of nitrogens with zero attached hydrogens (tertiary/aromatic N) is 12. The Bertz CT molecular complexity index is 226. The van der Waals surface area contributed by atoms with Crippen molar-refractivity contribution in [3.8, 4) is 0 Å². The molecule has 27 heavy (non-hydrogen) atoms. The quantitative estimate of drug-likeness (QED) is 0.350. The maximum absolute atomic E-state index is 6.25. The van der Waals surface area contributed by atoms with Crippen LogP contribution in [-0.4, -0.2) is 0 Å². The van der Waals surface area contributed by atoms with Gasteiger partial charge in [0.1, 0.15) is 0 Å². The number of rotatable bonds is 0. The Morgan fingerprint density at radius 1 is 0.185 bits per heavy atom. The Morgan fingerprint density at radius 3 is 0.185 bits per heavy atom. The molecule has 0 rings (SSSR count). The Morgan fingerprint density at radius 2 is 0.185 bits per heavy atom. The molecule has 2 radical (unpaired) electrons. The fourth-order valence-electron chi connectivity index (χ4n) is 0. The summed E-state index contributed by atoms with van der Waals surface area (Å²) >= 11 is 0. The van der Waals surface area contributed by atoms with Gasteiger partial charge in [0.05, 0.1) is 0 Å². The first-order chi connectivity index (χ1) is 12.0. The first-order valence-electron chi connectivity index (χ1n) is 2.68. The number of hydrogen-bond acceptors (Lipinski definition) is 12. The minimum atomic E-state index is 0. The fourth-order valence-corrected chi connectivity index (χ4v) is 0. The molecule has 0 aromatic heterocycles. The minimum absolute atomic E-state index is 0. The van der Waals surface area contributed by atoms with E-state index in [0.717, 1.165) is 0 Å². The summed E-state index contributed by atoms with van der Waals surface area (Å²) in [6, 6.07) is 0. The Kier molecular flexibility index (Phi) is 2970. The van der Waals surface area contributed by atoms with Gasteiger partial charge in [-0.3, -0.25) is 0 Å². The second-order valence-electron chi connectivity index (χ2n) is 0. The second kappa shape index (κ2) is 430. The van der Waals surface area contributed by atoms with Crippen LogP contribution in [0.1, 0.15) is 0 Å². The summed E-state index contributed by atoms with van der Waals surface area (Å²) in [6.07, 6.45) is 0. The first kappa shape index (κ1) is 186. The van der Waals surface area contributed by atoms with E-state index in [1.165, 1.54) is 0 Å². The first-order valence-corrected chi connectivity index (χ1v) is 2.68. The van der Waals surface area contributed by atoms with E-state index in [0.29, 0.717) is 0 Å². The van der Waals surface area contributed by atoms with E-state index in [1.807, 2.05) is 0 Å². The smallest absolute Gasteiger partial charge is 0.512 e. The molecule has 0 N–H and O–H groups in total. The molecule has 0 saturated carbocycles. The molecule has 0 aromatic rings. The molecule has 0 amide bonds. The average molecular weight is 478 g/mol. The van der Waals surface area contributed by atoms with Gasteiger partial charge in [-0.05, 0) is 0 Å². The van der Waals surface area contributed by atoms with E-state index >= 15 is 0 Å². The summed E-state index contributed by atoms with van der Waals surface area (Å²) in [4.78, 5) is 0. The predicted molar refractivity (Wildman–Crippen MR) is 59.6 cm³/mol. The van der Waals surface area contributed by atoms with Crippen molar-refractivity contribution < 1.29 is 51.2 Å². The van der Waals surface area contributed by atoms with Crippen LogP contribution in [-0.2, 0) is 51.2 Å². The molecular formula is C12FeMn2N12-10. The second-order valence-corrected chi connectivity index (χ2v) is 0. The predicted octanol–water partition coefficient (Wildman–Crippen LogP) is 1.15. The summed E-state index contributed by atoms with van der Waals surface area (Å²) in [5.74, 6) is 0. The largest absolute Gasteiger partial charge is 2.00 e. The molecule has 0 heterocycles. The molecule has 0 spiro atoms.